The van der Waals surface area contributed by atoms with Crippen LogP contribution >= 0.6 is 0 Å². The van der Waals surface area contributed by atoms with Gasteiger partial charge in [0.15, 0.2) is 0 Å². The number of aromatic nitrogens is 2. The highest BCUT2D eigenvalue weighted by atomic mass is 16.4. The second-order valence-electron chi connectivity index (χ2n) is 11.1. The zero-order chi connectivity index (χ0) is 28.7. The van der Waals surface area contributed by atoms with Crippen LogP contribution in [0.1, 0.15) is 80.5 Å². The number of aromatic carboxylic acids is 1. The maximum absolute atomic E-state index is 13.2. The molecule has 1 saturated carbocycles. The van der Waals surface area contributed by atoms with Gasteiger partial charge in [0.05, 0.1) is 17.3 Å². The fourth-order valence-corrected chi connectivity index (χ4v) is 5.57. The summed E-state index contributed by atoms with van der Waals surface area (Å²) in [7, 11) is 0. The lowest BCUT2D eigenvalue weighted by Gasteiger charge is -2.14. The van der Waals surface area contributed by atoms with Gasteiger partial charge in [-0.05, 0) is 97.7 Å². The molecule has 6 heteroatoms. The van der Waals surface area contributed by atoms with Gasteiger partial charge in [0.1, 0.15) is 0 Å². The van der Waals surface area contributed by atoms with Gasteiger partial charge in [-0.1, -0.05) is 48.5 Å². The first kappa shape index (κ1) is 26.5. The molecule has 0 aliphatic heterocycles. The number of rotatable bonds is 8. The number of carboxylic acids is 1. The van der Waals surface area contributed by atoms with Gasteiger partial charge in [-0.25, -0.2) is 4.79 Å². The highest BCUT2D eigenvalue weighted by molar-refractivity contribution is 5.99. The molecule has 1 amide bonds. The van der Waals surface area contributed by atoms with Crippen LogP contribution in [-0.2, 0) is 6.54 Å². The summed E-state index contributed by atoms with van der Waals surface area (Å²) in [5.41, 5.74) is 9.11. The molecule has 0 spiro atoms. The van der Waals surface area contributed by atoms with Gasteiger partial charge in [-0.3, -0.25) is 9.78 Å². The van der Waals surface area contributed by atoms with Crippen molar-refractivity contribution in [2.75, 3.05) is 0 Å². The summed E-state index contributed by atoms with van der Waals surface area (Å²) in [6.45, 7) is 6.83. The van der Waals surface area contributed by atoms with Gasteiger partial charge in [0.2, 0.25) is 0 Å². The molecule has 1 aliphatic carbocycles. The van der Waals surface area contributed by atoms with E-state index in [0.717, 1.165) is 39.0 Å². The molecule has 6 rings (SSSR count). The third-order valence-corrected chi connectivity index (χ3v) is 8.31. The van der Waals surface area contributed by atoms with Crippen LogP contribution < -0.4 is 5.32 Å². The van der Waals surface area contributed by atoms with E-state index in [4.69, 9.17) is 0 Å². The lowest BCUT2D eigenvalue weighted by molar-refractivity contribution is 0.0697. The van der Waals surface area contributed by atoms with Crippen LogP contribution in [0.4, 0.5) is 0 Å². The summed E-state index contributed by atoms with van der Waals surface area (Å²) in [6, 6.07) is 24.9. The van der Waals surface area contributed by atoms with Crippen molar-refractivity contribution in [3.05, 3.63) is 124 Å². The van der Waals surface area contributed by atoms with E-state index < -0.39 is 5.97 Å². The number of benzene rings is 3. The van der Waals surface area contributed by atoms with E-state index in [-0.39, 0.29) is 11.9 Å². The van der Waals surface area contributed by atoms with Crippen LogP contribution in [0.5, 0.6) is 0 Å². The van der Waals surface area contributed by atoms with Gasteiger partial charge in [-0.2, -0.15) is 0 Å². The molecule has 2 heterocycles. The van der Waals surface area contributed by atoms with E-state index >= 15 is 0 Å². The molecule has 2 aromatic heterocycles. The first-order valence-electron chi connectivity index (χ1n) is 14.1. The van der Waals surface area contributed by atoms with E-state index in [1.807, 2.05) is 73.8 Å². The van der Waals surface area contributed by atoms with E-state index in [1.165, 1.54) is 18.4 Å². The molecule has 1 unspecified atom stereocenters. The summed E-state index contributed by atoms with van der Waals surface area (Å²) in [4.78, 5) is 29.4. The van der Waals surface area contributed by atoms with Crippen LogP contribution in [0.2, 0.25) is 0 Å². The lowest BCUT2D eigenvalue weighted by Crippen LogP contribution is -2.27. The number of nitrogens with one attached hydrogen (secondary N) is 1. The Morgan fingerprint density at radius 2 is 1.76 bits per heavy atom. The number of nitrogens with zero attached hydrogens (tertiary/aromatic N) is 2. The van der Waals surface area contributed by atoms with Gasteiger partial charge in [0, 0.05) is 34.9 Å². The number of carbonyl (C=O) groups is 2. The highest BCUT2D eigenvalue weighted by Crippen LogP contribution is 2.39. The smallest absolute Gasteiger partial charge is 0.336 e. The molecule has 3 aromatic carbocycles. The predicted octanol–water partition coefficient (Wildman–Crippen LogP) is 7.44. The van der Waals surface area contributed by atoms with Crippen LogP contribution in [0.25, 0.3) is 22.0 Å². The average Bonchev–Trinajstić information content (AvgIpc) is 3.82. The number of hydrogen-bond donors (Lipinski definition) is 2. The highest BCUT2D eigenvalue weighted by Gasteiger charge is 2.24. The number of fused-ring (bicyclic) bond motifs is 1. The van der Waals surface area contributed by atoms with Crippen LogP contribution in [0.15, 0.2) is 85.1 Å². The lowest BCUT2D eigenvalue weighted by atomic mass is 9.99. The second kappa shape index (κ2) is 10.7. The predicted molar refractivity (Wildman–Crippen MR) is 161 cm³/mol. The van der Waals surface area contributed by atoms with Crippen molar-refractivity contribution in [2.45, 2.75) is 52.1 Å². The molecule has 0 bridgehead atoms. The molecule has 1 fully saturated rings. The molecule has 1 atom stereocenters. The molecule has 2 N–H and O–H groups in total. The molecular formula is C35H33N3O3. The number of amides is 1. The maximum Gasteiger partial charge on any atom is 0.336 e. The fraction of sp³-hybridized carbons (Fsp3) is 0.229. The minimum Gasteiger partial charge on any atom is -0.478 e. The Hall–Kier alpha value is -4.71. The second-order valence-corrected chi connectivity index (χ2v) is 11.1. The minimum atomic E-state index is -0.934. The molecule has 5 aromatic rings. The quantitative estimate of drug-likeness (QED) is 0.213. The Labute approximate surface area is 239 Å². The summed E-state index contributed by atoms with van der Waals surface area (Å²) in [5.74, 6) is -0.390. The van der Waals surface area contributed by atoms with Crippen LogP contribution in [0.3, 0.4) is 0 Å². The Kier molecular flexibility index (Phi) is 6.91. The normalized spacial score (nSPS) is 13.7. The summed E-state index contributed by atoms with van der Waals surface area (Å²) in [6.07, 6.45) is 4.43. The minimum absolute atomic E-state index is 0.116. The number of carboxylic acid groups (broad SMARTS) is 1. The summed E-state index contributed by atoms with van der Waals surface area (Å²) in [5, 5.41) is 13.7. The zero-order valence-corrected chi connectivity index (χ0v) is 23.5. The van der Waals surface area contributed by atoms with Crippen molar-refractivity contribution >= 4 is 22.8 Å². The van der Waals surface area contributed by atoms with Gasteiger partial charge in [0.25, 0.3) is 5.91 Å². The molecule has 1 aliphatic rings. The van der Waals surface area contributed by atoms with Gasteiger partial charge < -0.3 is 15.0 Å². The molecule has 41 heavy (non-hydrogen) atoms. The van der Waals surface area contributed by atoms with Crippen LogP contribution in [0, 0.1) is 13.8 Å². The summed E-state index contributed by atoms with van der Waals surface area (Å²) < 4.78 is 2.26. The fourth-order valence-electron chi connectivity index (χ4n) is 5.57. The van der Waals surface area contributed by atoms with Crippen molar-refractivity contribution in [2.24, 2.45) is 0 Å². The number of pyridine rings is 1. The Bertz CT molecular complexity index is 1760. The van der Waals surface area contributed by atoms with E-state index in [1.54, 1.807) is 12.1 Å². The van der Waals surface area contributed by atoms with E-state index in [0.29, 0.717) is 29.2 Å². The molecule has 6 nitrogen and oxygen atoms in total. The SMILES string of the molecule is Cc1c(C)n(Cc2ccc(-c3ccccc3C(=O)O)cc2)c2ccc(C(=O)NC(C)c3ccc(C4CC4)cn3)cc12. The summed E-state index contributed by atoms with van der Waals surface area (Å²) >= 11 is 0. The zero-order valence-electron chi connectivity index (χ0n) is 23.5. The first-order chi connectivity index (χ1) is 19.8. The Balaban J connectivity index is 1.20. The number of aryl methyl sites for hydroxylation is 1. The largest absolute Gasteiger partial charge is 0.478 e. The molecular weight excluding hydrogens is 510 g/mol. The average molecular weight is 544 g/mol. The van der Waals surface area contributed by atoms with Crippen molar-refractivity contribution in [1.82, 2.24) is 14.9 Å². The van der Waals surface area contributed by atoms with E-state index in [2.05, 4.69) is 34.8 Å². The van der Waals surface area contributed by atoms with Crippen molar-refractivity contribution in [3.8, 4) is 11.1 Å². The Morgan fingerprint density at radius 1 is 1.00 bits per heavy atom. The standard InChI is InChI=1S/C35H33N3O3/c1-21-23(3)38(20-24-8-10-26(11-9-24)29-6-4-5-7-30(29)35(40)41)33-17-15-27(18-31(21)33)34(39)37-22(2)32-16-14-28(19-36-32)25-12-13-25/h4-11,14-19,22,25H,12-13,20H2,1-3H3,(H,37,39)(H,40,41). The van der Waals surface area contributed by atoms with Crippen molar-refractivity contribution in [1.29, 1.82) is 0 Å². The molecule has 0 saturated heterocycles. The molecule has 206 valence electrons. The topological polar surface area (TPSA) is 84.2 Å². The van der Waals surface area contributed by atoms with Gasteiger partial charge in [-0.15, -0.1) is 0 Å². The Morgan fingerprint density at radius 3 is 2.44 bits per heavy atom. The first-order valence-corrected chi connectivity index (χ1v) is 14.1. The monoisotopic (exact) mass is 543 g/mol. The van der Waals surface area contributed by atoms with Crippen molar-refractivity contribution < 1.29 is 14.7 Å². The van der Waals surface area contributed by atoms with Crippen LogP contribution in [-0.4, -0.2) is 26.5 Å². The number of carbonyl (C=O) groups excluding carboxylic acids is 1. The maximum atomic E-state index is 13.2. The molecule has 0 radical (unpaired) electrons. The van der Waals surface area contributed by atoms with Crippen molar-refractivity contribution in [3.63, 3.8) is 0 Å². The third kappa shape index (κ3) is 5.25. The van der Waals surface area contributed by atoms with Gasteiger partial charge >= 0.3 is 5.97 Å². The number of hydrogen-bond acceptors (Lipinski definition) is 3. The third-order valence-electron chi connectivity index (χ3n) is 8.31. The van der Waals surface area contributed by atoms with E-state index in [9.17, 15) is 14.7 Å².